The van der Waals surface area contributed by atoms with E-state index in [2.05, 4.69) is 10.4 Å². The van der Waals surface area contributed by atoms with E-state index in [9.17, 15) is 4.39 Å². The first-order valence-electron chi connectivity index (χ1n) is 5.67. The molecule has 0 saturated heterocycles. The third kappa shape index (κ3) is 2.43. The third-order valence-electron chi connectivity index (χ3n) is 2.87. The SMILES string of the molecule is Cc1cc(C)c(C(NN)c2csc(C)n2)c(F)c1. The minimum Gasteiger partial charge on any atom is -0.271 e. The Balaban J connectivity index is 2.51. The first-order chi connectivity index (χ1) is 8.52. The smallest absolute Gasteiger partial charge is 0.128 e. The Bertz CT molecular complexity index is 542. The summed E-state index contributed by atoms with van der Waals surface area (Å²) in [4.78, 5) is 4.37. The van der Waals surface area contributed by atoms with Crippen LogP contribution >= 0.6 is 11.3 Å². The number of rotatable bonds is 3. The Morgan fingerprint density at radius 1 is 1.33 bits per heavy atom. The predicted octanol–water partition coefficient (Wildman–Crippen LogP) is 2.76. The van der Waals surface area contributed by atoms with Gasteiger partial charge in [0.05, 0.1) is 16.7 Å². The topological polar surface area (TPSA) is 50.9 Å². The number of nitrogens with one attached hydrogen (secondary N) is 1. The fraction of sp³-hybridized carbons (Fsp3) is 0.308. The summed E-state index contributed by atoms with van der Waals surface area (Å²) in [6, 6.07) is 3.06. The molecule has 0 bridgehead atoms. The average molecular weight is 265 g/mol. The lowest BCUT2D eigenvalue weighted by atomic mass is 9.97. The summed E-state index contributed by atoms with van der Waals surface area (Å²) in [5.41, 5.74) is 5.75. The number of hydrogen-bond donors (Lipinski definition) is 2. The van der Waals surface area contributed by atoms with Gasteiger partial charge in [0.1, 0.15) is 5.82 Å². The minimum absolute atomic E-state index is 0.249. The monoisotopic (exact) mass is 265 g/mol. The zero-order valence-electron chi connectivity index (χ0n) is 10.6. The van der Waals surface area contributed by atoms with Crippen LogP contribution in [0, 0.1) is 26.6 Å². The maximum atomic E-state index is 14.1. The summed E-state index contributed by atoms with van der Waals surface area (Å²) in [6.07, 6.45) is 0. The largest absolute Gasteiger partial charge is 0.271 e. The fourth-order valence-electron chi connectivity index (χ4n) is 2.12. The first-order valence-corrected chi connectivity index (χ1v) is 6.55. The lowest BCUT2D eigenvalue weighted by Crippen LogP contribution is -2.30. The first kappa shape index (κ1) is 13.1. The number of nitrogens with two attached hydrogens (primary N) is 1. The summed E-state index contributed by atoms with van der Waals surface area (Å²) in [5, 5.41) is 2.84. The number of hydrazine groups is 1. The minimum atomic E-state index is -0.407. The summed E-state index contributed by atoms with van der Waals surface area (Å²) < 4.78 is 14.1. The lowest BCUT2D eigenvalue weighted by Gasteiger charge is -2.18. The maximum absolute atomic E-state index is 14.1. The van der Waals surface area contributed by atoms with E-state index in [1.54, 1.807) is 0 Å². The molecule has 18 heavy (non-hydrogen) atoms. The van der Waals surface area contributed by atoms with Crippen LogP contribution in [0.15, 0.2) is 17.5 Å². The summed E-state index contributed by atoms with van der Waals surface area (Å²) in [5.74, 6) is 5.32. The molecule has 2 rings (SSSR count). The second-order valence-electron chi connectivity index (χ2n) is 4.37. The molecule has 1 unspecified atom stereocenters. The van der Waals surface area contributed by atoms with Gasteiger partial charge in [0, 0.05) is 10.9 Å². The number of aryl methyl sites for hydroxylation is 3. The van der Waals surface area contributed by atoms with E-state index in [0.29, 0.717) is 5.56 Å². The van der Waals surface area contributed by atoms with Crippen molar-refractivity contribution in [3.8, 4) is 0 Å². The lowest BCUT2D eigenvalue weighted by molar-refractivity contribution is 0.550. The molecule has 0 aliphatic carbocycles. The zero-order valence-corrected chi connectivity index (χ0v) is 11.4. The molecule has 3 nitrogen and oxygen atoms in total. The number of benzene rings is 1. The highest BCUT2D eigenvalue weighted by molar-refractivity contribution is 7.09. The molecule has 0 radical (unpaired) electrons. The van der Waals surface area contributed by atoms with Crippen LogP contribution in [0.5, 0.6) is 0 Å². The maximum Gasteiger partial charge on any atom is 0.128 e. The fourth-order valence-corrected chi connectivity index (χ4v) is 2.76. The van der Waals surface area contributed by atoms with Gasteiger partial charge in [-0.15, -0.1) is 11.3 Å². The molecule has 0 amide bonds. The van der Waals surface area contributed by atoms with Gasteiger partial charge < -0.3 is 0 Å². The molecule has 5 heteroatoms. The predicted molar refractivity (Wildman–Crippen MR) is 71.9 cm³/mol. The standard InChI is InChI=1S/C13H16FN3S/c1-7-4-8(2)12(10(14)5-7)13(17-15)11-6-18-9(3)16-11/h4-6,13,17H,15H2,1-3H3. The quantitative estimate of drug-likeness (QED) is 0.663. The van der Waals surface area contributed by atoms with Crippen LogP contribution in [0.25, 0.3) is 0 Å². The number of nitrogens with zero attached hydrogens (tertiary/aromatic N) is 1. The van der Waals surface area contributed by atoms with Gasteiger partial charge >= 0.3 is 0 Å². The molecule has 96 valence electrons. The average Bonchev–Trinajstić information content (AvgIpc) is 2.69. The van der Waals surface area contributed by atoms with E-state index in [-0.39, 0.29) is 5.82 Å². The Morgan fingerprint density at radius 2 is 2.06 bits per heavy atom. The molecule has 0 saturated carbocycles. The molecule has 0 aliphatic heterocycles. The normalized spacial score (nSPS) is 12.7. The molecule has 1 aromatic heterocycles. The molecule has 0 spiro atoms. The van der Waals surface area contributed by atoms with Crippen LogP contribution < -0.4 is 11.3 Å². The Morgan fingerprint density at radius 3 is 2.56 bits per heavy atom. The van der Waals surface area contributed by atoms with E-state index in [1.807, 2.05) is 32.2 Å². The third-order valence-corrected chi connectivity index (χ3v) is 3.66. The van der Waals surface area contributed by atoms with Crippen molar-refractivity contribution in [1.82, 2.24) is 10.4 Å². The van der Waals surface area contributed by atoms with Gasteiger partial charge in [-0.1, -0.05) is 6.07 Å². The number of halogens is 1. The van der Waals surface area contributed by atoms with Crippen molar-refractivity contribution in [1.29, 1.82) is 0 Å². The molecule has 3 N–H and O–H groups in total. The van der Waals surface area contributed by atoms with Crippen LogP contribution in [-0.2, 0) is 0 Å². The second-order valence-corrected chi connectivity index (χ2v) is 5.43. The Hall–Kier alpha value is -1.30. The van der Waals surface area contributed by atoms with Gasteiger partial charge in [0.15, 0.2) is 0 Å². The highest BCUT2D eigenvalue weighted by Crippen LogP contribution is 2.28. The van der Waals surface area contributed by atoms with Crippen LogP contribution in [0.1, 0.15) is 33.4 Å². The Kier molecular flexibility index (Phi) is 3.75. The van der Waals surface area contributed by atoms with Crippen molar-refractivity contribution in [2.24, 2.45) is 5.84 Å². The van der Waals surface area contributed by atoms with E-state index in [0.717, 1.165) is 21.8 Å². The number of thiazole rings is 1. The Labute approximate surface area is 110 Å². The highest BCUT2D eigenvalue weighted by Gasteiger charge is 2.21. The van der Waals surface area contributed by atoms with Crippen LogP contribution in [0.3, 0.4) is 0 Å². The van der Waals surface area contributed by atoms with Gasteiger partial charge in [0.2, 0.25) is 0 Å². The summed E-state index contributed by atoms with van der Waals surface area (Å²) in [7, 11) is 0. The van der Waals surface area contributed by atoms with Crippen molar-refractivity contribution >= 4 is 11.3 Å². The second kappa shape index (κ2) is 5.14. The summed E-state index contributed by atoms with van der Waals surface area (Å²) in [6.45, 7) is 5.67. The van der Waals surface area contributed by atoms with Crippen molar-refractivity contribution in [3.63, 3.8) is 0 Å². The molecular weight excluding hydrogens is 249 g/mol. The molecule has 1 aromatic carbocycles. The van der Waals surface area contributed by atoms with Gasteiger partial charge in [-0.2, -0.15) is 0 Å². The molecule has 0 fully saturated rings. The van der Waals surface area contributed by atoms with Gasteiger partial charge in [-0.25, -0.2) is 14.8 Å². The molecule has 2 aromatic rings. The van der Waals surface area contributed by atoms with Gasteiger partial charge in [-0.05, 0) is 38.0 Å². The van der Waals surface area contributed by atoms with E-state index in [1.165, 1.54) is 17.4 Å². The van der Waals surface area contributed by atoms with E-state index < -0.39 is 6.04 Å². The van der Waals surface area contributed by atoms with E-state index in [4.69, 9.17) is 5.84 Å². The molecule has 0 aliphatic rings. The number of aromatic nitrogens is 1. The molecule has 1 heterocycles. The number of hydrogen-bond acceptors (Lipinski definition) is 4. The van der Waals surface area contributed by atoms with Crippen LogP contribution in [0.2, 0.25) is 0 Å². The van der Waals surface area contributed by atoms with Crippen molar-refractivity contribution in [2.45, 2.75) is 26.8 Å². The van der Waals surface area contributed by atoms with Crippen LogP contribution in [-0.4, -0.2) is 4.98 Å². The van der Waals surface area contributed by atoms with E-state index >= 15 is 0 Å². The van der Waals surface area contributed by atoms with Gasteiger partial charge in [-0.3, -0.25) is 5.84 Å². The van der Waals surface area contributed by atoms with Crippen molar-refractivity contribution < 1.29 is 4.39 Å². The molecule has 1 atom stereocenters. The summed E-state index contributed by atoms with van der Waals surface area (Å²) >= 11 is 1.53. The molecular formula is C13H16FN3S. The van der Waals surface area contributed by atoms with Gasteiger partial charge in [0.25, 0.3) is 0 Å². The highest BCUT2D eigenvalue weighted by atomic mass is 32.1. The van der Waals surface area contributed by atoms with Crippen molar-refractivity contribution in [2.75, 3.05) is 0 Å². The van der Waals surface area contributed by atoms with Crippen LogP contribution in [0.4, 0.5) is 4.39 Å². The van der Waals surface area contributed by atoms with Crippen molar-refractivity contribution in [3.05, 3.63) is 50.7 Å². The zero-order chi connectivity index (χ0) is 13.3.